The van der Waals surface area contributed by atoms with E-state index >= 15 is 0 Å². The Labute approximate surface area is 221 Å². The van der Waals surface area contributed by atoms with Gasteiger partial charge in [-0.25, -0.2) is 0 Å². The third-order valence-corrected chi connectivity index (χ3v) is 12.4. The topological polar surface area (TPSA) is 94.7 Å². The van der Waals surface area contributed by atoms with E-state index in [0.29, 0.717) is 0 Å². The number of rotatable bonds is 3. The molecule has 5 aliphatic rings. The van der Waals surface area contributed by atoms with Gasteiger partial charge in [-0.1, -0.05) is 61.0 Å². The van der Waals surface area contributed by atoms with E-state index in [-0.39, 0.29) is 17.7 Å². The number of carbonyl (C=O) groups is 3. The summed E-state index contributed by atoms with van der Waals surface area (Å²) >= 11 is 0. The van der Waals surface area contributed by atoms with E-state index in [0.717, 1.165) is 27.7 Å². The summed E-state index contributed by atoms with van der Waals surface area (Å²) in [7, 11) is 4.47. The van der Waals surface area contributed by atoms with Gasteiger partial charge in [0.2, 0.25) is 4.87 Å². The molecule has 2 amide bonds. The second kappa shape index (κ2) is 7.26. The van der Waals surface area contributed by atoms with E-state index in [1.807, 2.05) is 68.6 Å². The molecule has 190 valence electrons. The number of amides is 2. The number of ether oxygens (including phenoxy) is 1. The second-order valence-corrected chi connectivity index (χ2v) is 13.0. The summed E-state index contributed by atoms with van der Waals surface area (Å²) < 4.78 is 6.24. The Bertz CT molecular complexity index is 1520. The third-order valence-electron chi connectivity index (χ3n) is 8.51. The van der Waals surface area contributed by atoms with Crippen LogP contribution in [-0.2, 0) is 24.5 Å². The van der Waals surface area contributed by atoms with Crippen molar-refractivity contribution in [3.8, 4) is 0 Å². The van der Waals surface area contributed by atoms with Crippen LogP contribution in [0.4, 0.5) is 5.69 Å². The van der Waals surface area contributed by atoms with Gasteiger partial charge in [0, 0.05) is 36.8 Å². The van der Waals surface area contributed by atoms with Gasteiger partial charge in [0.05, 0.1) is 0 Å². The molecule has 3 aromatic rings. The van der Waals surface area contributed by atoms with Gasteiger partial charge in [-0.05, 0) is 40.0 Å². The Balaban J connectivity index is 1.61. The van der Waals surface area contributed by atoms with Crippen molar-refractivity contribution in [2.75, 3.05) is 12.4 Å². The molecule has 5 atom stereocenters. The van der Waals surface area contributed by atoms with Gasteiger partial charge >= 0.3 is 5.97 Å². The molecule has 0 radical (unpaired) electrons. The van der Waals surface area contributed by atoms with Crippen molar-refractivity contribution in [3.05, 3.63) is 65.9 Å². The quantitative estimate of drug-likeness (QED) is 0.389. The van der Waals surface area contributed by atoms with Crippen molar-refractivity contribution < 1.29 is 19.1 Å². The Hall–Kier alpha value is -3.11. The molecule has 8 nitrogen and oxygen atoms in total. The molecule has 5 aliphatic heterocycles. The summed E-state index contributed by atoms with van der Waals surface area (Å²) in [5, 5.41) is 4.56. The number of nitrogens with one attached hydrogen (secondary N) is 2. The van der Waals surface area contributed by atoms with Crippen molar-refractivity contribution in [2.45, 2.75) is 48.2 Å². The van der Waals surface area contributed by atoms with Crippen LogP contribution in [0.3, 0.4) is 0 Å². The molecule has 0 aliphatic carbocycles. The molecule has 4 fully saturated rings. The fourth-order valence-electron chi connectivity index (χ4n) is 7.00. The van der Waals surface area contributed by atoms with Gasteiger partial charge < -0.3 is 19.9 Å². The first-order chi connectivity index (χ1) is 17.7. The number of anilines is 1. The van der Waals surface area contributed by atoms with Gasteiger partial charge in [-0.15, -0.1) is 0 Å². The number of carbonyl (C=O) groups excluding carboxylic acids is 3. The summed E-state index contributed by atoms with van der Waals surface area (Å²) in [6, 6.07) is 15.8. The number of hydrogen-bond acceptors (Lipinski definition) is 7. The molecule has 2 bridgehead atoms. The monoisotopic (exact) mass is 534 g/mol. The van der Waals surface area contributed by atoms with E-state index in [1.54, 1.807) is 16.8 Å². The zero-order valence-corrected chi connectivity index (χ0v) is 22.4. The lowest BCUT2D eigenvalue weighted by molar-refractivity contribution is -0.173. The van der Waals surface area contributed by atoms with Crippen LogP contribution >= 0.6 is 21.6 Å². The maximum absolute atomic E-state index is 14.6. The third kappa shape index (κ3) is 2.38. The molecule has 1 aromatic heterocycles. The van der Waals surface area contributed by atoms with E-state index < -0.39 is 33.4 Å². The van der Waals surface area contributed by atoms with Crippen molar-refractivity contribution in [2.24, 2.45) is 5.92 Å². The molecule has 0 unspecified atom stereocenters. The average Bonchev–Trinajstić information content (AvgIpc) is 3.51. The summed E-state index contributed by atoms with van der Waals surface area (Å²) in [5.74, 6) is -0.992. The fraction of sp³-hybridized carbons (Fsp3) is 0.370. The minimum absolute atomic E-state index is 0.135. The lowest BCUT2D eigenvalue weighted by Gasteiger charge is -2.60. The SMILES string of the molecule is CC(=O)O[C@H]1[C@]2(c3c[nH]c4ccccc34)c3ccccc3N[C@@H]2N2C(=O)[C@]3(C(C)C)SS[C@]12C(=O)N3C. The number of fused-ring (bicyclic) bond motifs is 6. The smallest absolute Gasteiger partial charge is 0.303 e. The number of aromatic nitrogens is 1. The van der Waals surface area contributed by atoms with E-state index in [1.165, 1.54) is 28.5 Å². The van der Waals surface area contributed by atoms with Crippen LogP contribution < -0.4 is 5.32 Å². The first kappa shape index (κ1) is 23.0. The molecular formula is C27H26N4O4S2. The number of aromatic amines is 1. The Morgan fingerprint density at radius 2 is 1.76 bits per heavy atom. The highest BCUT2D eigenvalue weighted by molar-refractivity contribution is 8.78. The second-order valence-electron chi connectivity index (χ2n) is 10.5. The average molecular weight is 535 g/mol. The normalized spacial score (nSPS) is 33.5. The highest BCUT2D eigenvalue weighted by atomic mass is 33.1. The number of benzene rings is 2. The molecule has 2 N–H and O–H groups in total. The van der Waals surface area contributed by atoms with E-state index in [9.17, 15) is 14.4 Å². The van der Waals surface area contributed by atoms with Crippen LogP contribution in [0.15, 0.2) is 54.7 Å². The Morgan fingerprint density at radius 3 is 2.51 bits per heavy atom. The predicted molar refractivity (Wildman–Crippen MR) is 144 cm³/mol. The van der Waals surface area contributed by atoms with Gasteiger partial charge in [0.25, 0.3) is 11.8 Å². The Kier molecular flexibility index (Phi) is 4.52. The molecule has 1 spiro atoms. The molecular weight excluding hydrogens is 508 g/mol. The number of likely N-dealkylation sites (N-methyl/N-ethyl adjacent to an activating group) is 1. The van der Waals surface area contributed by atoms with Crippen LogP contribution in [-0.4, -0.2) is 61.6 Å². The highest BCUT2D eigenvalue weighted by Crippen LogP contribution is 2.71. The standard InChI is InChI=1S/C27H26N4O4S2/c1-14(2)26-24(34)31-22-25(17-10-6-8-12-20(17)29-22,18-13-28-19-11-7-5-9-16(18)19)21(35-15(3)32)27(31,37-36-26)23(33)30(26)4/h5-14,21-22,28-29H,1-4H3/t21-,22+,25+,26-,27-/m0/s1. The number of piperazine rings is 1. The van der Waals surface area contributed by atoms with Crippen molar-refractivity contribution in [1.82, 2.24) is 14.8 Å². The molecule has 0 saturated carbocycles. The number of esters is 1. The zero-order valence-electron chi connectivity index (χ0n) is 20.8. The van der Waals surface area contributed by atoms with Gasteiger partial charge in [-0.3, -0.25) is 19.3 Å². The molecule has 8 rings (SSSR count). The Morgan fingerprint density at radius 1 is 1.03 bits per heavy atom. The molecule has 10 heteroatoms. The van der Waals surface area contributed by atoms with E-state index in [4.69, 9.17) is 4.74 Å². The maximum atomic E-state index is 14.6. The minimum atomic E-state index is -1.43. The first-order valence-electron chi connectivity index (χ1n) is 12.3. The summed E-state index contributed by atoms with van der Waals surface area (Å²) in [6.07, 6.45) is 0.332. The van der Waals surface area contributed by atoms with Gasteiger partial charge in [0.1, 0.15) is 11.6 Å². The minimum Gasteiger partial charge on any atom is -0.457 e. The van der Waals surface area contributed by atoms with Crippen LogP contribution in [0.2, 0.25) is 0 Å². The number of hydrogen-bond donors (Lipinski definition) is 2. The number of para-hydroxylation sites is 2. The van der Waals surface area contributed by atoms with Crippen molar-refractivity contribution >= 4 is 56.0 Å². The summed E-state index contributed by atoms with van der Waals surface area (Å²) in [5.41, 5.74) is 2.54. The first-order valence-corrected chi connectivity index (χ1v) is 14.5. The molecule has 2 aromatic carbocycles. The fourth-order valence-corrected chi connectivity index (χ4v) is 11.2. The van der Waals surface area contributed by atoms with Crippen molar-refractivity contribution in [1.29, 1.82) is 0 Å². The predicted octanol–water partition coefficient (Wildman–Crippen LogP) is 3.90. The van der Waals surface area contributed by atoms with Crippen LogP contribution in [0.1, 0.15) is 31.9 Å². The van der Waals surface area contributed by atoms with Crippen molar-refractivity contribution in [3.63, 3.8) is 0 Å². The van der Waals surface area contributed by atoms with Gasteiger partial charge in [0.15, 0.2) is 11.0 Å². The zero-order chi connectivity index (χ0) is 25.9. The maximum Gasteiger partial charge on any atom is 0.303 e. The molecule has 6 heterocycles. The van der Waals surface area contributed by atoms with Crippen LogP contribution in [0.25, 0.3) is 10.9 Å². The highest BCUT2D eigenvalue weighted by Gasteiger charge is 2.84. The molecule has 4 saturated heterocycles. The summed E-state index contributed by atoms with van der Waals surface area (Å²) in [6.45, 7) is 5.30. The van der Waals surface area contributed by atoms with Gasteiger partial charge in [-0.2, -0.15) is 0 Å². The lowest BCUT2D eigenvalue weighted by Crippen LogP contribution is -2.79. The van der Waals surface area contributed by atoms with Crippen LogP contribution in [0, 0.1) is 5.92 Å². The van der Waals surface area contributed by atoms with E-state index in [2.05, 4.69) is 10.3 Å². The lowest BCUT2D eigenvalue weighted by atomic mass is 9.70. The van der Waals surface area contributed by atoms with Crippen LogP contribution in [0.5, 0.6) is 0 Å². The largest absolute Gasteiger partial charge is 0.457 e. The molecule has 37 heavy (non-hydrogen) atoms. The summed E-state index contributed by atoms with van der Waals surface area (Å²) in [4.78, 5) is 46.0. The number of H-pyrrole nitrogens is 1. The number of nitrogens with zero attached hydrogens (tertiary/aromatic N) is 2.